The first-order valence-corrected chi connectivity index (χ1v) is 12.9. The van der Waals surface area contributed by atoms with Crippen molar-refractivity contribution in [3.05, 3.63) is 83.4 Å². The molecule has 1 aliphatic rings. The molecule has 38 heavy (non-hydrogen) atoms. The maximum Gasteiger partial charge on any atom is 0.308 e. The zero-order valence-electron chi connectivity index (χ0n) is 22.3. The van der Waals surface area contributed by atoms with E-state index in [1.54, 1.807) is 12.1 Å². The fraction of sp³-hybridized carbons (Fsp3) is 0.323. The first-order valence-electron chi connectivity index (χ1n) is 12.9. The molecular formula is C31H35NO6. The van der Waals surface area contributed by atoms with Crippen molar-refractivity contribution in [2.45, 2.75) is 46.3 Å². The maximum atomic E-state index is 11.4. The summed E-state index contributed by atoms with van der Waals surface area (Å²) in [6.45, 7) is 8.48. The van der Waals surface area contributed by atoms with Crippen LogP contribution in [0.2, 0.25) is 0 Å². The van der Waals surface area contributed by atoms with Gasteiger partial charge in [0, 0.05) is 19.5 Å². The molecule has 200 valence electrons. The Kier molecular flexibility index (Phi) is 9.05. The van der Waals surface area contributed by atoms with Gasteiger partial charge in [-0.1, -0.05) is 51.1 Å². The summed E-state index contributed by atoms with van der Waals surface area (Å²) >= 11 is 0. The number of nitrogens with one attached hydrogen (secondary N) is 1. The second-order valence-corrected chi connectivity index (χ2v) is 9.45. The van der Waals surface area contributed by atoms with Gasteiger partial charge >= 0.3 is 5.97 Å². The van der Waals surface area contributed by atoms with Crippen molar-refractivity contribution in [3.63, 3.8) is 0 Å². The molecule has 7 heteroatoms. The molecule has 2 N–H and O–H groups in total. The fourth-order valence-electron chi connectivity index (χ4n) is 4.32. The average Bonchev–Trinajstić information content (AvgIpc) is 3.38. The third kappa shape index (κ3) is 6.94. The van der Waals surface area contributed by atoms with Crippen molar-refractivity contribution in [1.29, 1.82) is 0 Å². The van der Waals surface area contributed by atoms with Gasteiger partial charge in [-0.25, -0.2) is 0 Å². The number of aliphatic hydroxyl groups excluding tert-OH is 1. The molecule has 0 spiro atoms. The van der Waals surface area contributed by atoms with E-state index in [0.717, 1.165) is 45.8 Å². The molecule has 0 aromatic heterocycles. The Balaban J connectivity index is 1.67. The van der Waals surface area contributed by atoms with Gasteiger partial charge < -0.3 is 29.4 Å². The molecule has 3 aromatic rings. The van der Waals surface area contributed by atoms with Gasteiger partial charge in [0.15, 0.2) is 11.5 Å². The van der Waals surface area contributed by atoms with Crippen LogP contribution in [0.5, 0.6) is 23.0 Å². The molecule has 7 nitrogen and oxygen atoms in total. The molecule has 0 saturated carbocycles. The lowest BCUT2D eigenvalue weighted by molar-refractivity contribution is -0.131. The summed E-state index contributed by atoms with van der Waals surface area (Å²) in [6.07, 6.45) is 0.175. The van der Waals surface area contributed by atoms with Gasteiger partial charge in [0.1, 0.15) is 24.2 Å². The Hall–Kier alpha value is -3.81. The predicted octanol–water partition coefficient (Wildman–Crippen LogP) is 5.45. The molecule has 1 heterocycles. The van der Waals surface area contributed by atoms with Crippen LogP contribution in [-0.2, 0) is 4.79 Å². The van der Waals surface area contributed by atoms with Gasteiger partial charge in [-0.2, -0.15) is 0 Å². The maximum absolute atomic E-state index is 11.4. The first kappa shape index (κ1) is 27.2. The normalized spacial score (nSPS) is 13.7. The highest BCUT2D eigenvalue weighted by atomic mass is 16.7. The van der Waals surface area contributed by atoms with Crippen molar-refractivity contribution in [3.8, 4) is 23.0 Å². The third-order valence-electron chi connectivity index (χ3n) is 6.13. The number of fused-ring (bicyclic) bond motifs is 1. The Morgan fingerprint density at radius 2 is 1.53 bits per heavy atom. The SMILES string of the molecule is CCC(=C(c1ccc(OCC(O)CNC(C)C)cc1)c1ccc(OC(C)=O)cc1)c1ccc2c(c1)OCO2. The molecule has 0 aliphatic carbocycles. The second-order valence-electron chi connectivity index (χ2n) is 9.45. The van der Waals surface area contributed by atoms with Gasteiger partial charge in [-0.05, 0) is 70.7 Å². The number of carbonyl (C=O) groups excluding carboxylic acids is 1. The van der Waals surface area contributed by atoms with Gasteiger partial charge in [0.25, 0.3) is 0 Å². The summed E-state index contributed by atoms with van der Waals surface area (Å²) in [5, 5.41) is 13.4. The van der Waals surface area contributed by atoms with E-state index in [1.165, 1.54) is 6.92 Å². The van der Waals surface area contributed by atoms with Crippen LogP contribution in [0.4, 0.5) is 0 Å². The lowest BCUT2D eigenvalue weighted by Gasteiger charge is -2.18. The zero-order chi connectivity index (χ0) is 27.1. The highest BCUT2D eigenvalue weighted by Gasteiger charge is 2.18. The minimum Gasteiger partial charge on any atom is -0.491 e. The summed E-state index contributed by atoms with van der Waals surface area (Å²) in [5.74, 6) is 2.29. The number of benzene rings is 3. The van der Waals surface area contributed by atoms with Crippen LogP contribution < -0.4 is 24.3 Å². The van der Waals surface area contributed by atoms with Crippen molar-refractivity contribution in [1.82, 2.24) is 5.32 Å². The van der Waals surface area contributed by atoms with Crippen LogP contribution >= 0.6 is 0 Å². The van der Waals surface area contributed by atoms with E-state index in [4.69, 9.17) is 18.9 Å². The van der Waals surface area contributed by atoms with E-state index in [-0.39, 0.29) is 19.4 Å². The molecule has 0 amide bonds. The number of hydrogen-bond acceptors (Lipinski definition) is 7. The van der Waals surface area contributed by atoms with Crippen molar-refractivity contribution < 1.29 is 28.8 Å². The van der Waals surface area contributed by atoms with Crippen molar-refractivity contribution in [2.75, 3.05) is 19.9 Å². The standard InChI is InChI=1S/C31H35NO6/c1-5-28(24-10-15-29-30(16-24)37-19-36-29)31(23-8-13-27(14-9-23)38-21(4)33)22-6-11-26(12-7-22)35-18-25(34)17-32-20(2)3/h6-16,20,25,32,34H,5,17-19H2,1-4H3. The number of hydrogen-bond donors (Lipinski definition) is 2. The van der Waals surface area contributed by atoms with E-state index in [9.17, 15) is 9.90 Å². The van der Waals surface area contributed by atoms with Gasteiger partial charge in [-0.3, -0.25) is 4.79 Å². The number of esters is 1. The van der Waals surface area contributed by atoms with Crippen LogP contribution in [0.3, 0.4) is 0 Å². The zero-order valence-corrected chi connectivity index (χ0v) is 22.3. The lowest BCUT2D eigenvalue weighted by atomic mass is 9.88. The molecule has 0 radical (unpaired) electrons. The van der Waals surface area contributed by atoms with E-state index in [2.05, 4.69) is 12.2 Å². The van der Waals surface area contributed by atoms with E-state index in [1.807, 2.05) is 68.4 Å². The Morgan fingerprint density at radius 1 is 0.921 bits per heavy atom. The quantitative estimate of drug-likeness (QED) is 0.199. The van der Waals surface area contributed by atoms with Crippen molar-refractivity contribution >= 4 is 17.1 Å². The van der Waals surface area contributed by atoms with Crippen molar-refractivity contribution in [2.24, 2.45) is 0 Å². The summed E-state index contributed by atoms with van der Waals surface area (Å²) in [5.41, 5.74) is 5.21. The number of aliphatic hydroxyl groups is 1. The van der Waals surface area contributed by atoms with E-state index in [0.29, 0.717) is 24.1 Å². The predicted molar refractivity (Wildman–Crippen MR) is 148 cm³/mol. The molecule has 0 saturated heterocycles. The number of rotatable bonds is 11. The van der Waals surface area contributed by atoms with Crippen LogP contribution in [0.1, 0.15) is 50.8 Å². The highest BCUT2D eigenvalue weighted by molar-refractivity contribution is 5.99. The Bertz CT molecular complexity index is 1260. The molecule has 0 bridgehead atoms. The molecule has 3 aromatic carbocycles. The highest BCUT2D eigenvalue weighted by Crippen LogP contribution is 2.40. The molecule has 4 rings (SSSR count). The third-order valence-corrected chi connectivity index (χ3v) is 6.13. The van der Waals surface area contributed by atoms with E-state index < -0.39 is 6.10 Å². The first-order chi connectivity index (χ1) is 18.3. The number of ether oxygens (including phenoxy) is 4. The summed E-state index contributed by atoms with van der Waals surface area (Å²) in [7, 11) is 0. The minimum atomic E-state index is -0.596. The summed E-state index contributed by atoms with van der Waals surface area (Å²) in [4.78, 5) is 11.4. The van der Waals surface area contributed by atoms with Crippen LogP contribution in [0.15, 0.2) is 66.7 Å². The molecule has 0 fully saturated rings. The molecular weight excluding hydrogens is 482 g/mol. The number of carbonyl (C=O) groups is 1. The van der Waals surface area contributed by atoms with Crippen LogP contribution in [0.25, 0.3) is 11.1 Å². The Morgan fingerprint density at radius 3 is 2.13 bits per heavy atom. The monoisotopic (exact) mass is 517 g/mol. The molecule has 1 unspecified atom stereocenters. The molecule has 1 aliphatic heterocycles. The largest absolute Gasteiger partial charge is 0.491 e. The van der Waals surface area contributed by atoms with Gasteiger partial charge in [-0.15, -0.1) is 0 Å². The summed E-state index contributed by atoms with van der Waals surface area (Å²) in [6, 6.07) is 21.7. The average molecular weight is 518 g/mol. The lowest BCUT2D eigenvalue weighted by Crippen LogP contribution is -2.35. The van der Waals surface area contributed by atoms with Crippen LogP contribution in [0, 0.1) is 0 Å². The smallest absolute Gasteiger partial charge is 0.308 e. The minimum absolute atomic E-state index is 0.205. The summed E-state index contributed by atoms with van der Waals surface area (Å²) < 4.78 is 22.2. The van der Waals surface area contributed by atoms with Crippen LogP contribution in [-0.4, -0.2) is 43.2 Å². The molecule has 1 atom stereocenters. The Labute approximate surface area is 224 Å². The second kappa shape index (κ2) is 12.6. The van der Waals surface area contributed by atoms with E-state index >= 15 is 0 Å². The number of allylic oxidation sites excluding steroid dienone is 1. The topological polar surface area (TPSA) is 86.2 Å². The fourth-order valence-corrected chi connectivity index (χ4v) is 4.32. The van der Waals surface area contributed by atoms with Gasteiger partial charge in [0.05, 0.1) is 0 Å². The van der Waals surface area contributed by atoms with Gasteiger partial charge in [0.2, 0.25) is 6.79 Å².